The van der Waals surface area contributed by atoms with Gasteiger partial charge in [-0.15, -0.1) is 0 Å². The smallest absolute Gasteiger partial charge is 0.319 e. The fourth-order valence-corrected chi connectivity index (χ4v) is 0.832. The summed E-state index contributed by atoms with van der Waals surface area (Å²) >= 11 is 0. The van der Waals surface area contributed by atoms with E-state index in [1.54, 1.807) is 20.8 Å². The average Bonchev–Trinajstić information content (AvgIpc) is 1.90. The van der Waals surface area contributed by atoms with Crippen molar-refractivity contribution >= 4 is 8.25 Å². The summed E-state index contributed by atoms with van der Waals surface area (Å²) in [5.74, 6) is 0. The Balaban J connectivity index is 0. The summed E-state index contributed by atoms with van der Waals surface area (Å²) in [7, 11) is -2.14. The third-order valence-corrected chi connectivity index (χ3v) is 1.57. The fourth-order valence-electron chi connectivity index (χ4n) is 0.277. The number of aliphatic hydroxyl groups is 1. The maximum atomic E-state index is 10.4. The Bertz CT molecular complexity index is 78.7. The highest BCUT2D eigenvalue weighted by Gasteiger charge is 1.91. The van der Waals surface area contributed by atoms with Gasteiger partial charge in [0.05, 0.1) is 13.2 Å². The first-order valence-electron chi connectivity index (χ1n) is 3.63. The number of hydrogen-bond donors (Lipinski definition) is 1. The van der Waals surface area contributed by atoms with E-state index in [0.29, 0.717) is 13.2 Å². The van der Waals surface area contributed by atoms with Gasteiger partial charge in [0.15, 0.2) is 0 Å². The first-order valence-corrected chi connectivity index (χ1v) is 4.85. The van der Waals surface area contributed by atoms with Crippen LogP contribution in [0, 0.1) is 0 Å². The van der Waals surface area contributed by atoms with Crippen LogP contribution in [0.2, 0.25) is 0 Å². The summed E-state index contributed by atoms with van der Waals surface area (Å²) in [5, 5.41) is 7.57. The molecule has 5 heteroatoms. The van der Waals surface area contributed by atoms with E-state index in [1.165, 1.54) is 0 Å². The quantitative estimate of drug-likeness (QED) is 0.672. The molecule has 0 aromatic rings. The summed E-state index contributed by atoms with van der Waals surface area (Å²) in [6.07, 6.45) is 0. The highest BCUT2D eigenvalue weighted by molar-refractivity contribution is 7.33. The fraction of sp³-hybridized carbons (Fsp3) is 1.00. The third-order valence-electron chi connectivity index (χ3n) is 0.524. The molecule has 0 amide bonds. The Morgan fingerprint density at radius 1 is 1.18 bits per heavy atom. The summed E-state index contributed by atoms with van der Waals surface area (Å²) < 4.78 is 19.6. The minimum atomic E-state index is -2.14. The van der Waals surface area contributed by atoms with Gasteiger partial charge in [0.2, 0.25) is 0 Å². The molecule has 0 aromatic heterocycles. The molecule has 0 aliphatic heterocycles. The SMILES string of the molecule is CCO.CCO[PH](=O)OCC. The highest BCUT2D eigenvalue weighted by Crippen LogP contribution is 2.21. The number of hydrogen-bond acceptors (Lipinski definition) is 4. The van der Waals surface area contributed by atoms with Crippen molar-refractivity contribution in [3.8, 4) is 0 Å². The molecule has 1 N–H and O–H groups in total. The van der Waals surface area contributed by atoms with E-state index in [2.05, 4.69) is 9.05 Å². The maximum Gasteiger partial charge on any atom is 0.319 e. The van der Waals surface area contributed by atoms with Crippen LogP contribution in [-0.4, -0.2) is 24.9 Å². The van der Waals surface area contributed by atoms with Gasteiger partial charge < -0.3 is 14.2 Å². The monoisotopic (exact) mass is 184 g/mol. The van der Waals surface area contributed by atoms with E-state index in [4.69, 9.17) is 5.11 Å². The van der Waals surface area contributed by atoms with Crippen LogP contribution in [0.25, 0.3) is 0 Å². The van der Waals surface area contributed by atoms with Crippen LogP contribution in [-0.2, 0) is 13.6 Å². The van der Waals surface area contributed by atoms with Crippen LogP contribution in [0.4, 0.5) is 0 Å². The summed E-state index contributed by atoms with van der Waals surface area (Å²) in [6, 6.07) is 0. The molecule has 11 heavy (non-hydrogen) atoms. The van der Waals surface area contributed by atoms with Crippen LogP contribution in [0.15, 0.2) is 0 Å². The van der Waals surface area contributed by atoms with E-state index < -0.39 is 8.25 Å². The molecular formula is C6H17O4P. The molecule has 4 nitrogen and oxygen atoms in total. The lowest BCUT2D eigenvalue weighted by Gasteiger charge is -1.97. The molecule has 0 aliphatic carbocycles. The molecule has 0 fully saturated rings. The van der Waals surface area contributed by atoms with Crippen LogP contribution in [0.1, 0.15) is 20.8 Å². The van der Waals surface area contributed by atoms with E-state index >= 15 is 0 Å². The van der Waals surface area contributed by atoms with Gasteiger partial charge in [0, 0.05) is 6.61 Å². The number of aliphatic hydroxyl groups excluding tert-OH is 1. The minimum absolute atomic E-state index is 0.250. The van der Waals surface area contributed by atoms with Gasteiger partial charge in [-0.25, -0.2) is 0 Å². The van der Waals surface area contributed by atoms with Gasteiger partial charge in [-0.05, 0) is 20.8 Å². The van der Waals surface area contributed by atoms with E-state index in [-0.39, 0.29) is 6.61 Å². The van der Waals surface area contributed by atoms with E-state index in [9.17, 15) is 4.57 Å². The molecule has 0 atom stereocenters. The Morgan fingerprint density at radius 3 is 1.64 bits per heavy atom. The Hall–Kier alpha value is 0.110. The predicted octanol–water partition coefficient (Wildman–Crippen LogP) is 1.45. The van der Waals surface area contributed by atoms with Gasteiger partial charge in [-0.2, -0.15) is 0 Å². The second kappa shape index (κ2) is 12.8. The molecule has 0 saturated heterocycles. The predicted molar refractivity (Wildman–Crippen MR) is 45.0 cm³/mol. The van der Waals surface area contributed by atoms with Gasteiger partial charge in [0.25, 0.3) is 0 Å². The second-order valence-electron chi connectivity index (χ2n) is 1.43. The van der Waals surface area contributed by atoms with Crippen molar-refractivity contribution in [3.05, 3.63) is 0 Å². The van der Waals surface area contributed by atoms with Crippen molar-refractivity contribution in [1.82, 2.24) is 0 Å². The van der Waals surface area contributed by atoms with Crippen molar-refractivity contribution in [2.75, 3.05) is 19.8 Å². The molecule has 0 unspecified atom stereocenters. The summed E-state index contributed by atoms with van der Waals surface area (Å²) in [5.41, 5.74) is 0. The van der Waals surface area contributed by atoms with Crippen LogP contribution in [0.5, 0.6) is 0 Å². The standard InChI is InChI=1S/C4H11O3P.C2H6O/c1-3-6-8(5)7-4-2;1-2-3/h8H,3-4H2,1-2H3;3H,2H2,1H3. The van der Waals surface area contributed by atoms with Gasteiger partial charge in [0.1, 0.15) is 0 Å². The van der Waals surface area contributed by atoms with Crippen molar-refractivity contribution in [2.45, 2.75) is 20.8 Å². The molecule has 0 heterocycles. The highest BCUT2D eigenvalue weighted by atomic mass is 31.1. The van der Waals surface area contributed by atoms with Crippen molar-refractivity contribution in [1.29, 1.82) is 0 Å². The zero-order chi connectivity index (χ0) is 9.11. The third kappa shape index (κ3) is 17.8. The van der Waals surface area contributed by atoms with E-state index in [0.717, 1.165) is 0 Å². The molecule has 70 valence electrons. The Labute approximate surface area is 68.5 Å². The van der Waals surface area contributed by atoms with E-state index in [1.807, 2.05) is 0 Å². The molecule has 0 radical (unpaired) electrons. The maximum absolute atomic E-state index is 10.4. The van der Waals surface area contributed by atoms with Crippen molar-refractivity contribution in [3.63, 3.8) is 0 Å². The molecular weight excluding hydrogens is 167 g/mol. The molecule has 0 aromatic carbocycles. The van der Waals surface area contributed by atoms with Crippen molar-refractivity contribution in [2.24, 2.45) is 0 Å². The first-order chi connectivity index (χ1) is 5.22. The summed E-state index contributed by atoms with van der Waals surface area (Å²) in [6.45, 7) is 6.40. The lowest BCUT2D eigenvalue weighted by Crippen LogP contribution is -1.81. The molecule has 0 aliphatic rings. The van der Waals surface area contributed by atoms with Crippen LogP contribution in [0.3, 0.4) is 0 Å². The Morgan fingerprint density at radius 2 is 1.45 bits per heavy atom. The Kier molecular flexibility index (Phi) is 15.9. The number of rotatable bonds is 4. The largest absolute Gasteiger partial charge is 0.397 e. The first kappa shape index (κ1) is 13.7. The second-order valence-corrected chi connectivity index (χ2v) is 2.51. The zero-order valence-electron chi connectivity index (χ0n) is 7.29. The molecule has 0 rings (SSSR count). The minimum Gasteiger partial charge on any atom is -0.397 e. The van der Waals surface area contributed by atoms with Crippen molar-refractivity contribution < 1.29 is 18.7 Å². The topological polar surface area (TPSA) is 55.8 Å². The molecule has 0 bridgehead atoms. The lowest BCUT2D eigenvalue weighted by molar-refractivity contribution is 0.243. The molecule has 0 spiro atoms. The van der Waals surface area contributed by atoms with Gasteiger partial charge in [-0.3, -0.25) is 4.57 Å². The van der Waals surface area contributed by atoms with Crippen LogP contribution >= 0.6 is 8.25 Å². The van der Waals surface area contributed by atoms with Crippen LogP contribution < -0.4 is 0 Å². The normalized spacial score (nSPS) is 9.18. The van der Waals surface area contributed by atoms with Gasteiger partial charge in [-0.1, -0.05) is 0 Å². The lowest BCUT2D eigenvalue weighted by atomic mass is 10.9. The summed E-state index contributed by atoms with van der Waals surface area (Å²) in [4.78, 5) is 0. The zero-order valence-corrected chi connectivity index (χ0v) is 8.29. The van der Waals surface area contributed by atoms with Gasteiger partial charge >= 0.3 is 8.25 Å². The molecule has 0 saturated carbocycles. The average molecular weight is 184 g/mol.